The van der Waals surface area contributed by atoms with Crippen LogP contribution in [0.1, 0.15) is 56.4 Å². The van der Waals surface area contributed by atoms with Gasteiger partial charge in [-0.3, -0.25) is 0 Å². The van der Waals surface area contributed by atoms with E-state index in [-0.39, 0.29) is 0 Å². The van der Waals surface area contributed by atoms with Crippen LogP contribution in [0.15, 0.2) is 11.4 Å². The van der Waals surface area contributed by atoms with Crippen molar-refractivity contribution < 1.29 is 0 Å². The van der Waals surface area contributed by atoms with Gasteiger partial charge in [-0.1, -0.05) is 27.2 Å². The summed E-state index contributed by atoms with van der Waals surface area (Å²) in [6.07, 6.45) is 4.19. The Bertz CT molecular complexity index is 382. The summed E-state index contributed by atoms with van der Waals surface area (Å²) in [6.45, 7) is 11.6. The van der Waals surface area contributed by atoms with Crippen molar-refractivity contribution in [3.05, 3.63) is 21.9 Å². The molecule has 0 saturated heterocycles. The molecule has 1 fully saturated rings. The van der Waals surface area contributed by atoms with Crippen molar-refractivity contribution in [3.8, 4) is 0 Å². The molecule has 0 aliphatic heterocycles. The zero-order chi connectivity index (χ0) is 13.8. The number of hydrogen-bond donors (Lipinski definition) is 1. The van der Waals surface area contributed by atoms with Crippen LogP contribution in [0.2, 0.25) is 0 Å². The van der Waals surface area contributed by atoms with Gasteiger partial charge in [0, 0.05) is 4.88 Å². The van der Waals surface area contributed by atoms with Crippen LogP contribution in [-0.2, 0) is 0 Å². The molecule has 1 heterocycles. The van der Waals surface area contributed by atoms with E-state index in [1.54, 1.807) is 4.88 Å². The van der Waals surface area contributed by atoms with Gasteiger partial charge >= 0.3 is 0 Å². The molecule has 0 radical (unpaired) electrons. The van der Waals surface area contributed by atoms with E-state index in [2.05, 4.69) is 44.5 Å². The van der Waals surface area contributed by atoms with Gasteiger partial charge in [-0.25, -0.2) is 0 Å². The first-order valence-electron chi connectivity index (χ1n) is 7.82. The van der Waals surface area contributed by atoms with Gasteiger partial charge < -0.3 is 5.32 Å². The van der Waals surface area contributed by atoms with Gasteiger partial charge in [0.1, 0.15) is 0 Å². The second-order valence-corrected chi connectivity index (χ2v) is 7.75. The van der Waals surface area contributed by atoms with Gasteiger partial charge in [0.25, 0.3) is 0 Å². The predicted molar refractivity (Wildman–Crippen MR) is 86.0 cm³/mol. The predicted octanol–water partition coefficient (Wildman–Crippen LogP) is 4.82. The zero-order valence-corrected chi connectivity index (χ0v) is 13.7. The van der Waals surface area contributed by atoms with Crippen LogP contribution in [0.3, 0.4) is 0 Å². The molecule has 1 N–H and O–H groups in total. The second kappa shape index (κ2) is 6.90. The first-order chi connectivity index (χ1) is 9.08. The topological polar surface area (TPSA) is 12.0 Å². The normalized spacial score (nSPS) is 27.9. The molecule has 3 atom stereocenters. The van der Waals surface area contributed by atoms with E-state index >= 15 is 0 Å². The van der Waals surface area contributed by atoms with Gasteiger partial charge in [-0.2, -0.15) is 0 Å². The summed E-state index contributed by atoms with van der Waals surface area (Å²) in [5.41, 5.74) is 1.51. The van der Waals surface area contributed by atoms with E-state index in [9.17, 15) is 0 Å². The van der Waals surface area contributed by atoms with Crippen molar-refractivity contribution in [3.63, 3.8) is 0 Å². The summed E-state index contributed by atoms with van der Waals surface area (Å²) in [5, 5.41) is 5.95. The van der Waals surface area contributed by atoms with Crippen LogP contribution >= 0.6 is 11.3 Å². The highest BCUT2D eigenvalue weighted by atomic mass is 32.1. The highest BCUT2D eigenvalue weighted by molar-refractivity contribution is 7.10. The molecule has 0 aromatic carbocycles. The average molecular weight is 279 g/mol. The monoisotopic (exact) mass is 279 g/mol. The van der Waals surface area contributed by atoms with Crippen LogP contribution in [0.5, 0.6) is 0 Å². The zero-order valence-electron chi connectivity index (χ0n) is 12.9. The molecule has 1 aliphatic carbocycles. The Labute approximate surface area is 122 Å². The summed E-state index contributed by atoms with van der Waals surface area (Å²) >= 11 is 1.97. The molecule has 1 aromatic heterocycles. The molecule has 1 nitrogen and oxygen atoms in total. The minimum absolute atomic E-state index is 0.754. The molecular formula is C17H29NS. The number of nitrogens with one attached hydrogen (secondary N) is 1. The summed E-state index contributed by atoms with van der Waals surface area (Å²) in [4.78, 5) is 1.66. The van der Waals surface area contributed by atoms with Gasteiger partial charge in [0.05, 0.1) is 0 Å². The first kappa shape index (κ1) is 15.1. The number of thiophene rings is 1. The summed E-state index contributed by atoms with van der Waals surface area (Å²) in [7, 11) is 0. The lowest BCUT2D eigenvalue weighted by molar-refractivity contribution is 0.242. The fraction of sp³-hybridized carbons (Fsp3) is 0.765. The maximum atomic E-state index is 3.69. The third kappa shape index (κ3) is 4.06. The van der Waals surface area contributed by atoms with Crippen molar-refractivity contribution in [2.24, 2.45) is 17.8 Å². The van der Waals surface area contributed by atoms with Crippen molar-refractivity contribution in [1.29, 1.82) is 0 Å². The minimum Gasteiger partial charge on any atom is -0.316 e. The molecule has 0 amide bonds. The fourth-order valence-corrected chi connectivity index (χ4v) is 4.47. The van der Waals surface area contributed by atoms with E-state index in [0.29, 0.717) is 0 Å². The Balaban J connectivity index is 2.01. The molecule has 0 spiro atoms. The quantitative estimate of drug-likeness (QED) is 0.814. The minimum atomic E-state index is 0.754. The summed E-state index contributed by atoms with van der Waals surface area (Å²) in [6, 6.07) is 2.29. The molecule has 0 bridgehead atoms. The van der Waals surface area contributed by atoms with Gasteiger partial charge in [0.2, 0.25) is 0 Å². The van der Waals surface area contributed by atoms with Crippen molar-refractivity contribution in [2.45, 2.75) is 52.9 Å². The molecule has 2 heteroatoms. The maximum Gasteiger partial charge on any atom is 0.0109 e. The number of hydrogen-bond acceptors (Lipinski definition) is 2. The van der Waals surface area contributed by atoms with E-state index < -0.39 is 0 Å². The SMILES string of the molecule is Cc1ccsc1C1CC(C)CCC1CNCC(C)C. The molecule has 3 unspecified atom stereocenters. The van der Waals surface area contributed by atoms with E-state index in [0.717, 1.165) is 30.2 Å². The van der Waals surface area contributed by atoms with Crippen molar-refractivity contribution in [1.82, 2.24) is 5.32 Å². The summed E-state index contributed by atoms with van der Waals surface area (Å²) < 4.78 is 0. The third-order valence-corrected chi connectivity index (χ3v) is 5.60. The van der Waals surface area contributed by atoms with Gasteiger partial charge in [-0.05, 0) is 73.5 Å². The third-order valence-electron chi connectivity index (χ3n) is 4.45. The van der Waals surface area contributed by atoms with Crippen molar-refractivity contribution in [2.75, 3.05) is 13.1 Å². The Morgan fingerprint density at radius 2 is 2.16 bits per heavy atom. The largest absolute Gasteiger partial charge is 0.316 e. The Morgan fingerprint density at radius 3 is 2.79 bits per heavy atom. The molecule has 108 valence electrons. The van der Waals surface area contributed by atoms with E-state index in [4.69, 9.17) is 0 Å². The summed E-state index contributed by atoms with van der Waals surface area (Å²) in [5.74, 6) is 3.29. The van der Waals surface area contributed by atoms with Gasteiger partial charge in [-0.15, -0.1) is 11.3 Å². The molecule has 1 saturated carbocycles. The number of rotatable bonds is 5. The molecule has 1 aliphatic rings. The lowest BCUT2D eigenvalue weighted by Gasteiger charge is -2.35. The lowest BCUT2D eigenvalue weighted by Crippen LogP contribution is -2.33. The van der Waals surface area contributed by atoms with Crippen LogP contribution in [-0.4, -0.2) is 13.1 Å². The lowest BCUT2D eigenvalue weighted by atomic mass is 9.73. The van der Waals surface area contributed by atoms with E-state index in [1.807, 2.05) is 11.3 Å². The fourth-order valence-electron chi connectivity index (χ4n) is 3.33. The van der Waals surface area contributed by atoms with Crippen LogP contribution in [0, 0.1) is 24.7 Å². The highest BCUT2D eigenvalue weighted by Gasteiger charge is 2.31. The molecular weight excluding hydrogens is 250 g/mol. The van der Waals surface area contributed by atoms with Crippen LogP contribution < -0.4 is 5.32 Å². The molecule has 2 rings (SSSR count). The second-order valence-electron chi connectivity index (χ2n) is 6.80. The Hall–Kier alpha value is -0.340. The number of aryl methyl sites for hydroxylation is 1. The van der Waals surface area contributed by atoms with E-state index in [1.165, 1.54) is 31.4 Å². The highest BCUT2D eigenvalue weighted by Crippen LogP contribution is 2.43. The van der Waals surface area contributed by atoms with Crippen molar-refractivity contribution >= 4 is 11.3 Å². The maximum absolute atomic E-state index is 3.69. The Kier molecular flexibility index (Phi) is 5.47. The standard InChI is InChI=1S/C17H29NS/c1-12(2)10-18-11-15-6-5-13(3)9-16(15)17-14(4)7-8-19-17/h7-8,12-13,15-16,18H,5-6,9-11H2,1-4H3. The average Bonchev–Trinajstić information content (AvgIpc) is 2.77. The van der Waals surface area contributed by atoms with Gasteiger partial charge in [0.15, 0.2) is 0 Å². The smallest absolute Gasteiger partial charge is 0.0109 e. The van der Waals surface area contributed by atoms with Crippen LogP contribution in [0.4, 0.5) is 0 Å². The molecule has 19 heavy (non-hydrogen) atoms. The molecule has 1 aromatic rings. The first-order valence-corrected chi connectivity index (χ1v) is 8.70. The Morgan fingerprint density at radius 1 is 1.37 bits per heavy atom. The van der Waals surface area contributed by atoms with Crippen LogP contribution in [0.25, 0.3) is 0 Å².